The molecule has 174 valence electrons. The average molecular weight is 460 g/mol. The molecule has 0 unspecified atom stereocenters. The third-order valence-electron chi connectivity index (χ3n) is 6.37. The first kappa shape index (κ1) is 21.9. The Kier molecular flexibility index (Phi) is 5.92. The van der Waals surface area contributed by atoms with Gasteiger partial charge in [-0.3, -0.25) is 9.59 Å². The smallest absolute Gasteiger partial charge is 0.265 e. The average Bonchev–Trinajstić information content (AvgIpc) is 2.87. The fourth-order valence-electron chi connectivity index (χ4n) is 4.39. The van der Waals surface area contributed by atoms with Crippen molar-refractivity contribution in [2.45, 2.75) is 13.5 Å². The van der Waals surface area contributed by atoms with Gasteiger partial charge >= 0.3 is 0 Å². The van der Waals surface area contributed by atoms with Crippen molar-refractivity contribution in [3.8, 4) is 5.75 Å². The highest BCUT2D eigenvalue weighted by atomic mass is 19.1. The maximum atomic E-state index is 13.3. The zero-order valence-corrected chi connectivity index (χ0v) is 19.0. The number of anilines is 2. The van der Waals surface area contributed by atoms with E-state index in [0.29, 0.717) is 49.7 Å². The highest BCUT2D eigenvalue weighted by molar-refractivity contribution is 6.01. The molecule has 7 heteroatoms. The van der Waals surface area contributed by atoms with Crippen LogP contribution in [-0.2, 0) is 11.3 Å². The molecule has 1 saturated heterocycles. The Morgan fingerprint density at radius 2 is 1.65 bits per heavy atom. The summed E-state index contributed by atoms with van der Waals surface area (Å²) < 4.78 is 18.8. The van der Waals surface area contributed by atoms with E-state index >= 15 is 0 Å². The lowest BCUT2D eigenvalue weighted by molar-refractivity contribution is -0.121. The Balaban J connectivity index is 1.31. The minimum Gasteiger partial charge on any atom is -0.482 e. The van der Waals surface area contributed by atoms with E-state index in [1.54, 1.807) is 35.2 Å². The number of piperazine rings is 1. The highest BCUT2D eigenvalue weighted by Gasteiger charge is 2.28. The summed E-state index contributed by atoms with van der Waals surface area (Å²) in [6.45, 7) is 4.90. The number of hydrogen-bond acceptors (Lipinski definition) is 4. The summed E-state index contributed by atoms with van der Waals surface area (Å²) in [4.78, 5) is 31.6. The molecular formula is C27H26FN3O3. The van der Waals surface area contributed by atoms with Gasteiger partial charge in [-0.25, -0.2) is 4.39 Å². The molecule has 0 bridgehead atoms. The van der Waals surface area contributed by atoms with Crippen LogP contribution in [0.25, 0.3) is 0 Å². The summed E-state index contributed by atoms with van der Waals surface area (Å²) in [6.07, 6.45) is 0. The standard InChI is InChI=1S/C27H26FN3O3/c1-19-2-4-20(5-3-19)17-31-24-16-21(6-11-25(24)34-18-26(31)32)27(33)30-14-12-29(13-15-30)23-9-7-22(28)8-10-23/h2-11,16H,12-15,17-18H2,1H3. The van der Waals surface area contributed by atoms with E-state index in [4.69, 9.17) is 4.74 Å². The number of rotatable bonds is 4. The van der Waals surface area contributed by atoms with Crippen molar-refractivity contribution in [3.05, 3.63) is 89.2 Å². The van der Waals surface area contributed by atoms with Gasteiger partial charge in [-0.2, -0.15) is 0 Å². The Morgan fingerprint density at radius 1 is 0.941 bits per heavy atom. The maximum absolute atomic E-state index is 13.3. The lowest BCUT2D eigenvalue weighted by atomic mass is 10.1. The van der Waals surface area contributed by atoms with Gasteiger partial charge in [-0.05, 0) is 55.0 Å². The molecular weight excluding hydrogens is 433 g/mol. The number of carbonyl (C=O) groups is 2. The minimum atomic E-state index is -0.260. The maximum Gasteiger partial charge on any atom is 0.265 e. The Labute approximate surface area is 198 Å². The second kappa shape index (κ2) is 9.17. The predicted molar refractivity (Wildman–Crippen MR) is 129 cm³/mol. The van der Waals surface area contributed by atoms with Gasteiger partial charge in [-0.1, -0.05) is 29.8 Å². The summed E-state index contributed by atoms with van der Waals surface area (Å²) >= 11 is 0. The molecule has 0 N–H and O–H groups in total. The number of nitrogens with zero attached hydrogens (tertiary/aromatic N) is 3. The first-order valence-corrected chi connectivity index (χ1v) is 11.4. The number of halogens is 1. The second-order valence-electron chi connectivity index (χ2n) is 8.69. The summed E-state index contributed by atoms with van der Waals surface area (Å²) in [6, 6.07) is 19.8. The zero-order chi connectivity index (χ0) is 23.7. The molecule has 2 heterocycles. The van der Waals surface area contributed by atoms with Crippen LogP contribution in [0.2, 0.25) is 0 Å². The Hall–Kier alpha value is -3.87. The highest BCUT2D eigenvalue weighted by Crippen LogP contribution is 2.34. The van der Waals surface area contributed by atoms with Crippen LogP contribution in [0, 0.1) is 12.7 Å². The van der Waals surface area contributed by atoms with Gasteiger partial charge in [0.2, 0.25) is 0 Å². The molecule has 3 aromatic rings. The molecule has 0 aromatic heterocycles. The lowest BCUT2D eigenvalue weighted by Gasteiger charge is -2.36. The normalized spacial score (nSPS) is 15.7. The molecule has 0 saturated carbocycles. The third kappa shape index (κ3) is 4.46. The van der Waals surface area contributed by atoms with E-state index in [1.807, 2.05) is 36.1 Å². The van der Waals surface area contributed by atoms with E-state index in [-0.39, 0.29) is 24.2 Å². The molecule has 3 aromatic carbocycles. The molecule has 0 radical (unpaired) electrons. The van der Waals surface area contributed by atoms with E-state index in [0.717, 1.165) is 16.8 Å². The second-order valence-corrected chi connectivity index (χ2v) is 8.69. The first-order valence-electron chi connectivity index (χ1n) is 11.4. The van der Waals surface area contributed by atoms with Crippen LogP contribution in [0.5, 0.6) is 5.75 Å². The molecule has 34 heavy (non-hydrogen) atoms. The zero-order valence-electron chi connectivity index (χ0n) is 19.0. The summed E-state index contributed by atoms with van der Waals surface area (Å²) in [7, 11) is 0. The van der Waals surface area contributed by atoms with Crippen molar-refractivity contribution in [2.75, 3.05) is 42.6 Å². The Morgan fingerprint density at radius 3 is 2.35 bits per heavy atom. The van der Waals surface area contributed by atoms with E-state index in [9.17, 15) is 14.0 Å². The van der Waals surface area contributed by atoms with Crippen LogP contribution >= 0.6 is 0 Å². The number of carbonyl (C=O) groups excluding carboxylic acids is 2. The van der Waals surface area contributed by atoms with Crippen molar-refractivity contribution in [1.29, 1.82) is 0 Å². The molecule has 0 atom stereocenters. The van der Waals surface area contributed by atoms with Gasteiger partial charge in [0.25, 0.3) is 11.8 Å². The molecule has 1 fully saturated rings. The van der Waals surface area contributed by atoms with Crippen LogP contribution in [0.3, 0.4) is 0 Å². The number of amides is 2. The molecule has 0 spiro atoms. The quantitative estimate of drug-likeness (QED) is 0.591. The van der Waals surface area contributed by atoms with Gasteiger partial charge in [0.05, 0.1) is 12.2 Å². The summed E-state index contributed by atoms with van der Waals surface area (Å²) in [5.74, 6) is 0.133. The van der Waals surface area contributed by atoms with E-state index in [1.165, 1.54) is 12.1 Å². The van der Waals surface area contributed by atoms with Crippen molar-refractivity contribution in [3.63, 3.8) is 0 Å². The largest absolute Gasteiger partial charge is 0.482 e. The van der Waals surface area contributed by atoms with E-state index in [2.05, 4.69) is 4.90 Å². The van der Waals surface area contributed by atoms with Gasteiger partial charge in [0.1, 0.15) is 11.6 Å². The predicted octanol–water partition coefficient (Wildman–Crippen LogP) is 4.02. The van der Waals surface area contributed by atoms with Crippen molar-refractivity contribution < 1.29 is 18.7 Å². The van der Waals surface area contributed by atoms with Crippen LogP contribution in [-0.4, -0.2) is 49.5 Å². The van der Waals surface area contributed by atoms with Crippen LogP contribution in [0.1, 0.15) is 21.5 Å². The summed E-state index contributed by atoms with van der Waals surface area (Å²) in [5.41, 5.74) is 4.27. The van der Waals surface area contributed by atoms with Crippen molar-refractivity contribution in [2.24, 2.45) is 0 Å². The van der Waals surface area contributed by atoms with Crippen LogP contribution in [0.4, 0.5) is 15.8 Å². The molecule has 0 aliphatic carbocycles. The van der Waals surface area contributed by atoms with Gasteiger partial charge in [-0.15, -0.1) is 0 Å². The van der Waals surface area contributed by atoms with E-state index < -0.39 is 0 Å². The fraction of sp³-hybridized carbons (Fsp3) is 0.259. The lowest BCUT2D eigenvalue weighted by Crippen LogP contribution is -2.48. The number of hydrogen-bond donors (Lipinski definition) is 0. The molecule has 2 aliphatic rings. The topological polar surface area (TPSA) is 53.1 Å². The summed E-state index contributed by atoms with van der Waals surface area (Å²) in [5, 5.41) is 0. The number of ether oxygens (including phenoxy) is 1. The van der Waals surface area contributed by atoms with Gasteiger partial charge in [0, 0.05) is 37.4 Å². The molecule has 5 rings (SSSR count). The third-order valence-corrected chi connectivity index (χ3v) is 6.37. The minimum absolute atomic E-state index is 0.0164. The van der Waals surface area contributed by atoms with Gasteiger partial charge < -0.3 is 19.4 Å². The fourth-order valence-corrected chi connectivity index (χ4v) is 4.39. The number of aryl methyl sites for hydroxylation is 1. The van der Waals surface area contributed by atoms with Crippen molar-refractivity contribution in [1.82, 2.24) is 4.90 Å². The number of fused-ring (bicyclic) bond motifs is 1. The monoisotopic (exact) mass is 459 g/mol. The van der Waals surface area contributed by atoms with Crippen LogP contribution in [0.15, 0.2) is 66.7 Å². The first-order chi connectivity index (χ1) is 16.5. The van der Waals surface area contributed by atoms with Gasteiger partial charge in [0.15, 0.2) is 6.61 Å². The van der Waals surface area contributed by atoms with Crippen molar-refractivity contribution >= 4 is 23.2 Å². The molecule has 2 amide bonds. The number of benzene rings is 3. The molecule has 2 aliphatic heterocycles. The Bertz CT molecular complexity index is 1200. The molecule has 6 nitrogen and oxygen atoms in total. The van der Waals surface area contributed by atoms with Crippen LogP contribution < -0.4 is 14.5 Å². The SMILES string of the molecule is Cc1ccc(CN2C(=O)COc3ccc(C(=O)N4CCN(c5ccc(F)cc5)CC4)cc32)cc1.